The van der Waals surface area contributed by atoms with Crippen LogP contribution in [0.25, 0.3) is 10.9 Å². The highest BCUT2D eigenvalue weighted by molar-refractivity contribution is 7.91. The summed E-state index contributed by atoms with van der Waals surface area (Å²) >= 11 is 0. The quantitative estimate of drug-likeness (QED) is 0.878. The summed E-state index contributed by atoms with van der Waals surface area (Å²) in [5.41, 5.74) is 3.80. The molecule has 3 aliphatic rings. The van der Waals surface area contributed by atoms with Crippen LogP contribution < -0.4 is 0 Å². The van der Waals surface area contributed by atoms with Gasteiger partial charge in [-0.25, -0.2) is 8.42 Å². The first-order chi connectivity index (χ1) is 13.0. The summed E-state index contributed by atoms with van der Waals surface area (Å²) in [5.74, 6) is 1.14. The molecule has 0 saturated carbocycles. The summed E-state index contributed by atoms with van der Waals surface area (Å²) in [6.45, 7) is 3.85. The molecule has 5 rings (SSSR count). The predicted molar refractivity (Wildman–Crippen MR) is 107 cm³/mol. The number of hydrogen-bond acceptors (Lipinski definition) is 4. The second kappa shape index (κ2) is 6.61. The van der Waals surface area contributed by atoms with E-state index in [1.54, 1.807) is 0 Å². The largest absolute Gasteiger partial charge is 0.368 e. The lowest BCUT2D eigenvalue weighted by Gasteiger charge is -2.44. The molecule has 146 valence electrons. The van der Waals surface area contributed by atoms with Gasteiger partial charge in [0, 0.05) is 24.0 Å². The van der Waals surface area contributed by atoms with Gasteiger partial charge in [0.2, 0.25) is 0 Å². The highest BCUT2D eigenvalue weighted by Gasteiger charge is 2.42. The third kappa shape index (κ3) is 3.22. The summed E-state index contributed by atoms with van der Waals surface area (Å²) in [7, 11) is -2.76. The zero-order valence-electron chi connectivity index (χ0n) is 15.7. The fourth-order valence-corrected chi connectivity index (χ4v) is 7.18. The Morgan fingerprint density at radius 2 is 2.04 bits per heavy atom. The zero-order valence-corrected chi connectivity index (χ0v) is 16.6. The number of likely N-dealkylation sites (tertiary alicyclic amines) is 1. The van der Waals surface area contributed by atoms with Crippen LogP contribution in [-0.4, -0.2) is 56.0 Å². The van der Waals surface area contributed by atoms with Gasteiger partial charge in [-0.15, -0.1) is 0 Å². The number of piperidine rings is 1. The van der Waals surface area contributed by atoms with Crippen molar-refractivity contribution in [1.29, 1.82) is 0 Å². The highest BCUT2D eigenvalue weighted by Crippen LogP contribution is 2.43. The van der Waals surface area contributed by atoms with Gasteiger partial charge < -0.3 is 14.6 Å². The van der Waals surface area contributed by atoms with Gasteiger partial charge in [-0.05, 0) is 56.2 Å². The third-order valence-electron chi connectivity index (χ3n) is 6.84. The molecular formula is C21H28N2O3S. The molecule has 0 amide bonds. The zero-order chi connectivity index (χ0) is 18.5. The Morgan fingerprint density at radius 3 is 2.81 bits per heavy atom. The number of hydrogen-bond donors (Lipinski definition) is 1. The molecule has 2 fully saturated rings. The molecule has 0 aliphatic carbocycles. The summed E-state index contributed by atoms with van der Waals surface area (Å²) in [4.78, 5) is 6.16. The molecule has 4 heterocycles. The Bertz CT molecular complexity index is 941. The minimum atomic E-state index is -2.76. The summed E-state index contributed by atoms with van der Waals surface area (Å²) < 4.78 is 29.7. The molecular weight excluding hydrogens is 360 g/mol. The fraction of sp³-hybridized carbons (Fsp3) is 0.619. The standard InChI is InChI=1S/C21H28N2O3S/c24-27(25)14-7-16(15-27)5-10-23-11-8-21(9-12-23)20-18(6-13-26-21)17-3-1-2-4-19(17)22-20/h1-4,16,22H,5-15H2. The second-order valence-electron chi connectivity index (χ2n) is 8.52. The number of para-hydroxylation sites is 1. The van der Waals surface area contributed by atoms with E-state index in [1.165, 1.54) is 22.2 Å². The number of ether oxygens (including phenoxy) is 1. The molecule has 2 saturated heterocycles. The van der Waals surface area contributed by atoms with Crippen molar-refractivity contribution in [2.45, 2.75) is 37.7 Å². The molecule has 3 aliphatic heterocycles. The SMILES string of the molecule is O=S1(=O)CCC(CCN2CCC3(CC2)OCCc2c3[nH]c3ccccc23)C1. The number of nitrogens with zero attached hydrogens (tertiary/aromatic N) is 1. The van der Waals surface area contributed by atoms with E-state index < -0.39 is 9.84 Å². The summed E-state index contributed by atoms with van der Waals surface area (Å²) in [5, 5.41) is 1.35. The van der Waals surface area contributed by atoms with Crippen LogP contribution in [-0.2, 0) is 26.6 Å². The van der Waals surface area contributed by atoms with E-state index in [-0.39, 0.29) is 5.60 Å². The average Bonchev–Trinajstić information content (AvgIpc) is 3.22. The normalized spacial score (nSPS) is 27.2. The Kier molecular flexibility index (Phi) is 4.33. The van der Waals surface area contributed by atoms with Crippen LogP contribution in [0.5, 0.6) is 0 Å². The number of H-pyrrole nitrogens is 1. The second-order valence-corrected chi connectivity index (χ2v) is 10.7. The van der Waals surface area contributed by atoms with Crippen molar-refractivity contribution in [2.75, 3.05) is 37.7 Å². The first-order valence-electron chi connectivity index (χ1n) is 10.2. The maximum absolute atomic E-state index is 11.7. The van der Waals surface area contributed by atoms with Gasteiger partial charge in [0.25, 0.3) is 0 Å². The van der Waals surface area contributed by atoms with Crippen molar-refractivity contribution in [3.63, 3.8) is 0 Å². The van der Waals surface area contributed by atoms with Gasteiger partial charge >= 0.3 is 0 Å². The van der Waals surface area contributed by atoms with Crippen LogP contribution in [0.4, 0.5) is 0 Å². The predicted octanol–water partition coefficient (Wildman–Crippen LogP) is 2.86. The molecule has 6 heteroatoms. The van der Waals surface area contributed by atoms with Gasteiger partial charge in [0.05, 0.1) is 23.8 Å². The molecule has 5 nitrogen and oxygen atoms in total. The lowest BCUT2D eigenvalue weighted by Crippen LogP contribution is -2.47. The average molecular weight is 389 g/mol. The molecule has 27 heavy (non-hydrogen) atoms. The number of benzene rings is 1. The van der Waals surface area contributed by atoms with Gasteiger partial charge in [0.1, 0.15) is 5.60 Å². The molecule has 1 aromatic carbocycles. The minimum Gasteiger partial charge on any atom is -0.368 e. The van der Waals surface area contributed by atoms with E-state index in [1.807, 2.05) is 0 Å². The summed E-state index contributed by atoms with van der Waals surface area (Å²) in [6, 6.07) is 8.58. The van der Waals surface area contributed by atoms with Gasteiger partial charge in [0.15, 0.2) is 9.84 Å². The van der Waals surface area contributed by atoms with Crippen LogP contribution in [0.3, 0.4) is 0 Å². The smallest absolute Gasteiger partial charge is 0.150 e. The molecule has 2 aromatic rings. The van der Waals surface area contributed by atoms with E-state index in [0.29, 0.717) is 17.4 Å². The van der Waals surface area contributed by atoms with Crippen LogP contribution in [0.2, 0.25) is 0 Å². The fourth-order valence-electron chi connectivity index (χ4n) is 5.27. The van der Waals surface area contributed by atoms with Gasteiger partial charge in [-0.2, -0.15) is 0 Å². The maximum Gasteiger partial charge on any atom is 0.150 e. The number of aromatic nitrogens is 1. The Labute approximate surface area is 161 Å². The van der Waals surface area contributed by atoms with Crippen molar-refractivity contribution in [2.24, 2.45) is 5.92 Å². The van der Waals surface area contributed by atoms with Crippen LogP contribution in [0.15, 0.2) is 24.3 Å². The number of nitrogens with one attached hydrogen (secondary N) is 1. The van der Waals surface area contributed by atoms with Gasteiger partial charge in [-0.3, -0.25) is 0 Å². The summed E-state index contributed by atoms with van der Waals surface area (Å²) in [6.07, 6.45) is 4.86. The Morgan fingerprint density at radius 1 is 1.22 bits per heavy atom. The minimum absolute atomic E-state index is 0.167. The molecule has 1 N–H and O–H groups in total. The highest BCUT2D eigenvalue weighted by atomic mass is 32.2. The van der Waals surface area contributed by atoms with Crippen molar-refractivity contribution < 1.29 is 13.2 Å². The lowest BCUT2D eigenvalue weighted by molar-refractivity contribution is -0.100. The monoisotopic (exact) mass is 388 g/mol. The van der Waals surface area contributed by atoms with Crippen molar-refractivity contribution >= 4 is 20.7 Å². The third-order valence-corrected chi connectivity index (χ3v) is 8.68. The number of rotatable bonds is 3. The van der Waals surface area contributed by atoms with Crippen molar-refractivity contribution in [3.8, 4) is 0 Å². The topological polar surface area (TPSA) is 62.4 Å². The first-order valence-corrected chi connectivity index (χ1v) is 12.0. The van der Waals surface area contributed by atoms with Gasteiger partial charge in [-0.1, -0.05) is 18.2 Å². The molecule has 1 unspecified atom stereocenters. The van der Waals surface area contributed by atoms with Crippen molar-refractivity contribution in [3.05, 3.63) is 35.5 Å². The van der Waals surface area contributed by atoms with E-state index in [9.17, 15) is 8.42 Å². The van der Waals surface area contributed by atoms with Crippen LogP contribution in [0, 0.1) is 5.92 Å². The maximum atomic E-state index is 11.7. The van der Waals surface area contributed by atoms with E-state index >= 15 is 0 Å². The van der Waals surface area contributed by atoms with E-state index in [4.69, 9.17) is 4.74 Å². The van der Waals surface area contributed by atoms with E-state index in [2.05, 4.69) is 34.1 Å². The Hall–Kier alpha value is -1.37. The molecule has 0 bridgehead atoms. The molecule has 1 spiro atoms. The first kappa shape index (κ1) is 17.7. The molecule has 0 radical (unpaired) electrons. The molecule has 1 aromatic heterocycles. The molecule has 1 atom stereocenters. The number of aromatic amines is 1. The number of sulfone groups is 1. The number of fused-ring (bicyclic) bond motifs is 4. The van der Waals surface area contributed by atoms with Crippen LogP contribution in [0.1, 0.15) is 36.9 Å². The lowest BCUT2D eigenvalue weighted by atomic mass is 9.83. The Balaban J connectivity index is 1.27. The van der Waals surface area contributed by atoms with E-state index in [0.717, 1.165) is 58.3 Å². The van der Waals surface area contributed by atoms with Crippen molar-refractivity contribution in [1.82, 2.24) is 9.88 Å². The van der Waals surface area contributed by atoms with Crippen LogP contribution >= 0.6 is 0 Å².